The van der Waals surface area contributed by atoms with Crippen molar-refractivity contribution in [3.63, 3.8) is 0 Å². The summed E-state index contributed by atoms with van der Waals surface area (Å²) in [7, 11) is 2.20. The second-order valence-corrected chi connectivity index (χ2v) is 8.45. The summed E-state index contributed by atoms with van der Waals surface area (Å²) in [6.45, 7) is 6.43. The molecule has 29 heavy (non-hydrogen) atoms. The topological polar surface area (TPSA) is 48.7 Å². The molecule has 6 heteroatoms. The average Bonchev–Trinajstić information content (AvgIpc) is 3.14. The quantitative estimate of drug-likeness (QED) is 0.743. The van der Waals surface area contributed by atoms with Crippen molar-refractivity contribution in [3.8, 4) is 0 Å². The van der Waals surface area contributed by atoms with Gasteiger partial charge in [-0.1, -0.05) is 12.1 Å². The maximum Gasteiger partial charge on any atom is 0.138 e. The van der Waals surface area contributed by atoms with E-state index >= 15 is 0 Å². The van der Waals surface area contributed by atoms with Crippen LogP contribution in [0.25, 0.3) is 5.65 Å². The molecule has 0 aromatic carbocycles. The Morgan fingerprint density at radius 2 is 1.76 bits per heavy atom. The van der Waals surface area contributed by atoms with Crippen LogP contribution in [-0.4, -0.2) is 52.5 Å². The highest BCUT2D eigenvalue weighted by Crippen LogP contribution is 2.37. The van der Waals surface area contributed by atoms with E-state index in [0.29, 0.717) is 6.04 Å². The summed E-state index contributed by atoms with van der Waals surface area (Å²) in [6, 6.07) is 11.0. The Labute approximate surface area is 172 Å². The number of hydrogen-bond donors (Lipinski definition) is 1. The number of pyridine rings is 2. The zero-order valence-electron chi connectivity index (χ0n) is 17.4. The van der Waals surface area contributed by atoms with Gasteiger partial charge in [-0.15, -0.1) is 0 Å². The number of piperazine rings is 1. The van der Waals surface area contributed by atoms with E-state index in [4.69, 9.17) is 4.98 Å². The van der Waals surface area contributed by atoms with Crippen LogP contribution in [0.4, 0.5) is 5.82 Å². The minimum absolute atomic E-state index is 0.254. The van der Waals surface area contributed by atoms with E-state index in [0.717, 1.165) is 44.7 Å². The van der Waals surface area contributed by atoms with E-state index in [1.165, 1.54) is 29.2 Å². The Hall–Kier alpha value is -2.44. The Bertz CT molecular complexity index is 988. The molecular formula is C23H30N6. The Morgan fingerprint density at radius 3 is 2.55 bits per heavy atom. The molecule has 3 aromatic rings. The third-order valence-corrected chi connectivity index (χ3v) is 6.43. The lowest BCUT2D eigenvalue weighted by Crippen LogP contribution is -2.45. The van der Waals surface area contributed by atoms with E-state index < -0.39 is 0 Å². The highest BCUT2D eigenvalue weighted by Gasteiger charge is 2.31. The summed E-state index contributed by atoms with van der Waals surface area (Å²) in [5.74, 6) is 1.27. The summed E-state index contributed by atoms with van der Waals surface area (Å²) in [5.41, 5.74) is 4.68. The predicted octanol–water partition coefficient (Wildman–Crippen LogP) is 3.35. The molecule has 0 radical (unpaired) electrons. The Morgan fingerprint density at radius 1 is 0.966 bits per heavy atom. The standard InChI is InChI=1S/C23H30N6/c1-17-7-6-11-24-21(17)18-8-5-9-19(25-18)22-23(28-15-13-27(2)14-16-28)29-12-4-3-10-20(29)26-22/h3-4,6-7,10-12,18-19,25H,5,8-9,13-16H2,1-2H3/t18?,19-/m1/s1. The molecule has 2 fully saturated rings. The van der Waals surface area contributed by atoms with E-state index in [1.807, 2.05) is 12.3 Å². The van der Waals surface area contributed by atoms with Gasteiger partial charge in [0.2, 0.25) is 0 Å². The fourth-order valence-corrected chi connectivity index (χ4v) is 4.80. The number of likely N-dealkylation sites (N-methyl/N-ethyl adjacent to an activating group) is 1. The van der Waals surface area contributed by atoms with Gasteiger partial charge in [0, 0.05) is 38.6 Å². The van der Waals surface area contributed by atoms with Gasteiger partial charge in [-0.25, -0.2) is 4.98 Å². The molecule has 0 aliphatic carbocycles. The third-order valence-electron chi connectivity index (χ3n) is 6.43. The summed E-state index contributed by atoms with van der Waals surface area (Å²) in [6.07, 6.45) is 7.50. The van der Waals surface area contributed by atoms with Crippen molar-refractivity contribution in [2.24, 2.45) is 0 Å². The first-order valence-corrected chi connectivity index (χ1v) is 10.8. The minimum Gasteiger partial charge on any atom is -0.354 e. The number of imidazole rings is 1. The molecule has 1 N–H and O–H groups in total. The third kappa shape index (κ3) is 3.51. The van der Waals surface area contributed by atoms with Crippen molar-refractivity contribution in [2.75, 3.05) is 38.1 Å². The van der Waals surface area contributed by atoms with Crippen LogP contribution in [0.3, 0.4) is 0 Å². The van der Waals surface area contributed by atoms with Crippen molar-refractivity contribution in [1.29, 1.82) is 0 Å². The molecule has 0 spiro atoms. The van der Waals surface area contributed by atoms with Gasteiger partial charge in [-0.2, -0.15) is 0 Å². The summed E-state index contributed by atoms with van der Waals surface area (Å²) in [5, 5.41) is 3.90. The highest BCUT2D eigenvalue weighted by atomic mass is 15.3. The zero-order valence-corrected chi connectivity index (χ0v) is 17.4. The zero-order chi connectivity index (χ0) is 19.8. The van der Waals surface area contributed by atoms with E-state index in [1.54, 1.807) is 0 Å². The maximum absolute atomic E-state index is 5.11. The number of aryl methyl sites for hydroxylation is 1. The van der Waals surface area contributed by atoms with E-state index in [2.05, 4.69) is 68.9 Å². The van der Waals surface area contributed by atoms with Gasteiger partial charge in [0.15, 0.2) is 0 Å². The van der Waals surface area contributed by atoms with Crippen LogP contribution >= 0.6 is 0 Å². The first kappa shape index (κ1) is 18.6. The number of nitrogens with zero attached hydrogens (tertiary/aromatic N) is 5. The maximum atomic E-state index is 5.11. The number of aromatic nitrogens is 3. The lowest BCUT2D eigenvalue weighted by atomic mass is 9.93. The fourth-order valence-electron chi connectivity index (χ4n) is 4.80. The van der Waals surface area contributed by atoms with Crippen LogP contribution in [0.2, 0.25) is 0 Å². The SMILES string of the molecule is Cc1cccnc1C1CCC[C@H](c2nc3ccccn3c2N2CCN(C)CC2)N1. The number of fused-ring (bicyclic) bond motifs is 1. The first-order chi connectivity index (χ1) is 14.2. The lowest BCUT2D eigenvalue weighted by Gasteiger charge is -2.36. The highest BCUT2D eigenvalue weighted by molar-refractivity contribution is 5.58. The van der Waals surface area contributed by atoms with Crippen LogP contribution in [0.15, 0.2) is 42.7 Å². The molecule has 2 atom stereocenters. The normalized spacial score (nSPS) is 23.6. The molecule has 2 saturated heterocycles. The Balaban J connectivity index is 1.51. The predicted molar refractivity (Wildman–Crippen MR) is 116 cm³/mol. The van der Waals surface area contributed by atoms with E-state index in [-0.39, 0.29) is 6.04 Å². The van der Waals surface area contributed by atoms with Gasteiger partial charge in [0.1, 0.15) is 17.2 Å². The summed E-state index contributed by atoms with van der Waals surface area (Å²) < 4.78 is 2.28. The fraction of sp³-hybridized carbons (Fsp3) is 0.478. The van der Waals surface area contributed by atoms with E-state index in [9.17, 15) is 0 Å². The number of hydrogen-bond acceptors (Lipinski definition) is 5. The number of anilines is 1. The van der Waals surface area contributed by atoms with Gasteiger partial charge in [0.25, 0.3) is 0 Å². The summed E-state index contributed by atoms with van der Waals surface area (Å²) >= 11 is 0. The Kier molecular flexibility index (Phi) is 4.97. The largest absolute Gasteiger partial charge is 0.354 e. The molecular weight excluding hydrogens is 360 g/mol. The number of nitrogens with one attached hydrogen (secondary N) is 1. The molecule has 0 bridgehead atoms. The molecule has 5 heterocycles. The monoisotopic (exact) mass is 390 g/mol. The van der Waals surface area contributed by atoms with Crippen LogP contribution in [0.5, 0.6) is 0 Å². The van der Waals surface area contributed by atoms with Gasteiger partial charge in [-0.3, -0.25) is 9.38 Å². The molecule has 0 saturated carbocycles. The van der Waals surface area contributed by atoms with Crippen molar-refractivity contribution < 1.29 is 0 Å². The molecule has 1 unspecified atom stereocenters. The van der Waals surface area contributed by atoms with Crippen molar-refractivity contribution in [2.45, 2.75) is 38.3 Å². The molecule has 152 valence electrons. The molecule has 2 aliphatic heterocycles. The smallest absolute Gasteiger partial charge is 0.138 e. The van der Waals surface area contributed by atoms with Gasteiger partial charge >= 0.3 is 0 Å². The van der Waals surface area contributed by atoms with Crippen molar-refractivity contribution in [1.82, 2.24) is 24.6 Å². The molecule has 6 nitrogen and oxygen atoms in total. The lowest BCUT2D eigenvalue weighted by molar-refractivity contribution is 0.307. The molecule has 3 aromatic heterocycles. The van der Waals surface area contributed by atoms with Crippen molar-refractivity contribution >= 4 is 11.5 Å². The molecule has 2 aliphatic rings. The molecule has 5 rings (SSSR count). The summed E-state index contributed by atoms with van der Waals surface area (Å²) in [4.78, 5) is 14.7. The second kappa shape index (κ2) is 7.76. The second-order valence-electron chi connectivity index (χ2n) is 8.45. The minimum atomic E-state index is 0.254. The van der Waals surface area contributed by atoms with Gasteiger partial charge in [-0.05, 0) is 57.0 Å². The van der Waals surface area contributed by atoms with Crippen LogP contribution in [-0.2, 0) is 0 Å². The number of piperidine rings is 1. The van der Waals surface area contributed by atoms with Gasteiger partial charge in [0.05, 0.1) is 17.8 Å². The van der Waals surface area contributed by atoms with Gasteiger partial charge < -0.3 is 15.1 Å². The molecule has 0 amide bonds. The number of rotatable bonds is 3. The van der Waals surface area contributed by atoms with Crippen LogP contribution in [0, 0.1) is 6.92 Å². The van der Waals surface area contributed by atoms with Crippen LogP contribution in [0.1, 0.15) is 48.3 Å². The average molecular weight is 391 g/mol. The van der Waals surface area contributed by atoms with Crippen LogP contribution < -0.4 is 10.2 Å². The first-order valence-electron chi connectivity index (χ1n) is 10.8. The van der Waals surface area contributed by atoms with Crippen molar-refractivity contribution in [3.05, 3.63) is 59.7 Å².